The maximum absolute atomic E-state index is 12.7. The lowest BCUT2D eigenvalue weighted by molar-refractivity contribution is -0.144. The zero-order chi connectivity index (χ0) is 74.1. The maximum atomic E-state index is 12.7. The minimum atomic E-state index is -1.58. The van der Waals surface area contributed by atoms with Crippen LogP contribution < -0.4 is 48.3 Å². The van der Waals surface area contributed by atoms with Gasteiger partial charge in [0, 0.05) is 87.4 Å². The van der Waals surface area contributed by atoms with E-state index in [1.165, 1.54) is 38.5 Å². The molecular formula is C65H114IN9O25. The van der Waals surface area contributed by atoms with Crippen molar-refractivity contribution in [2.75, 3.05) is 138 Å². The summed E-state index contributed by atoms with van der Waals surface area (Å²) in [4.78, 5) is 155. The second-order valence-corrected chi connectivity index (χ2v) is 24.4. The number of hydrogen-bond donors (Lipinski definition) is 13. The lowest BCUT2D eigenvalue weighted by Gasteiger charge is -2.18. The van der Waals surface area contributed by atoms with Crippen LogP contribution in [0, 0.1) is 0 Å². The molecule has 0 aliphatic rings. The number of aliphatic carboxylic acids is 4. The van der Waals surface area contributed by atoms with E-state index in [0.29, 0.717) is 25.8 Å². The molecule has 0 fully saturated rings. The summed E-state index contributed by atoms with van der Waals surface area (Å²) >= 11 is 1.67. The van der Waals surface area contributed by atoms with Gasteiger partial charge >= 0.3 is 23.9 Å². The second kappa shape index (κ2) is 66.0. The summed E-state index contributed by atoms with van der Waals surface area (Å²) in [5.41, 5.74) is 5.67. The zero-order valence-electron chi connectivity index (χ0n) is 58.1. The summed E-state index contributed by atoms with van der Waals surface area (Å²) in [6.45, 7) is 2.41. The molecule has 0 saturated carbocycles. The van der Waals surface area contributed by atoms with Gasteiger partial charge in [-0.15, -0.1) is 0 Å². The number of nitrogens with two attached hydrogens (primary N) is 1. The van der Waals surface area contributed by atoms with Gasteiger partial charge < -0.3 is 107 Å². The molecule has 0 saturated heterocycles. The van der Waals surface area contributed by atoms with Crippen LogP contribution in [0.3, 0.4) is 0 Å². The van der Waals surface area contributed by atoms with Gasteiger partial charge in [0.2, 0.25) is 51.0 Å². The largest absolute Gasteiger partial charge is 0.481 e. The number of carbonyl (C=O) groups is 13. The Morgan fingerprint density at radius 1 is 0.280 bits per heavy atom. The van der Waals surface area contributed by atoms with Gasteiger partial charge in [0.15, 0.2) is 0 Å². The molecule has 0 rings (SSSR count). The molecule has 0 aromatic heterocycles. The average Bonchev–Trinajstić information content (AvgIpc) is 0.953. The molecule has 14 N–H and O–H groups in total. The number of rotatable bonds is 72. The van der Waals surface area contributed by atoms with E-state index in [1.807, 2.05) is 0 Å². The number of nitrogens with one attached hydrogen (secondary N) is 8. The van der Waals surface area contributed by atoms with Crippen molar-refractivity contribution in [3.05, 3.63) is 0 Å². The molecule has 0 aliphatic carbocycles. The number of unbranched alkanes of at least 4 members (excludes halogenated alkanes) is 16. The fraction of sp³-hybridized carbons (Fsp3) is 0.800. The molecular weight excluding hydrogens is 1430 g/mol. The molecule has 0 spiro atoms. The number of ether oxygens (including phenoxy) is 8. The Morgan fingerprint density at radius 2 is 0.540 bits per heavy atom. The van der Waals surface area contributed by atoms with Crippen LogP contribution >= 0.6 is 22.6 Å². The van der Waals surface area contributed by atoms with Gasteiger partial charge in [-0.3, -0.25) is 47.9 Å². The topological polar surface area (TPSA) is 499 Å². The van der Waals surface area contributed by atoms with Crippen molar-refractivity contribution in [3.63, 3.8) is 0 Å². The van der Waals surface area contributed by atoms with Crippen LogP contribution in [0.1, 0.15) is 173 Å². The molecule has 0 radical (unpaired) electrons. The monoisotopic (exact) mass is 1550 g/mol. The van der Waals surface area contributed by atoms with E-state index in [-0.39, 0.29) is 186 Å². The van der Waals surface area contributed by atoms with Crippen LogP contribution in [0.5, 0.6) is 0 Å². The summed E-state index contributed by atoms with van der Waals surface area (Å²) in [7, 11) is 0. The number of carboxylic acid groups (broad SMARTS) is 4. The minimum absolute atomic E-state index is 0.0547. The first-order valence-electron chi connectivity index (χ1n) is 34.8. The van der Waals surface area contributed by atoms with E-state index in [2.05, 4.69) is 42.5 Å². The van der Waals surface area contributed by atoms with E-state index in [1.54, 1.807) is 22.6 Å². The van der Waals surface area contributed by atoms with E-state index in [0.717, 1.165) is 64.2 Å². The van der Waals surface area contributed by atoms with Gasteiger partial charge in [0.1, 0.15) is 44.6 Å². The van der Waals surface area contributed by atoms with Crippen molar-refractivity contribution >= 4 is 97.5 Å². The Kier molecular flexibility index (Phi) is 61.8. The third-order valence-corrected chi connectivity index (χ3v) is 15.5. The minimum Gasteiger partial charge on any atom is -0.481 e. The number of carbonyl (C=O) groups excluding carboxylic acids is 9. The van der Waals surface area contributed by atoms with Crippen LogP contribution in [0.4, 0.5) is 0 Å². The summed E-state index contributed by atoms with van der Waals surface area (Å²) in [5.74, 6) is -9.11. The summed E-state index contributed by atoms with van der Waals surface area (Å²) in [5, 5.41) is 57.7. The molecule has 576 valence electrons. The first kappa shape index (κ1) is 93.7. The van der Waals surface area contributed by atoms with Gasteiger partial charge in [-0.05, 0) is 51.4 Å². The normalized spacial score (nSPS) is 12.3. The predicted molar refractivity (Wildman–Crippen MR) is 370 cm³/mol. The summed E-state index contributed by atoms with van der Waals surface area (Å²) < 4.78 is 42.5. The molecule has 0 bridgehead atoms. The first-order chi connectivity index (χ1) is 48.1. The molecule has 0 unspecified atom stereocenters. The lowest BCUT2D eigenvalue weighted by atomic mass is 10.0. The van der Waals surface area contributed by atoms with Crippen molar-refractivity contribution in [3.8, 4) is 0 Å². The van der Waals surface area contributed by atoms with Crippen molar-refractivity contribution in [1.29, 1.82) is 0 Å². The van der Waals surface area contributed by atoms with Crippen LogP contribution in [0.2, 0.25) is 0 Å². The smallest absolute Gasteiger partial charge is 0.326 e. The Balaban J connectivity index is 3.94. The molecule has 0 heterocycles. The van der Waals surface area contributed by atoms with Crippen molar-refractivity contribution in [2.45, 2.75) is 198 Å². The Labute approximate surface area is 599 Å². The summed E-state index contributed by atoms with van der Waals surface area (Å²) in [6.07, 6.45) is 16.8. The molecule has 0 aromatic rings. The van der Waals surface area contributed by atoms with E-state index < -0.39 is 96.8 Å². The SMILES string of the molecule is N[C@@H](CCCCNC(=O)COCCOCCNC(=O)COCCOCCNC(=O)COCCOCCNC(=O)COCCOCCNC(=O)CC[C@H](NC(=O)CC[C@H](NC(=O)CC[C@H](NC(=O)CCCCCCCCCCCCCCCCCCC(=O)O)C(=O)O)C(=O)O)C(=O)O)C(=O)I. The molecule has 0 aromatic carbocycles. The third-order valence-electron chi connectivity index (χ3n) is 14.7. The third kappa shape index (κ3) is 62.7. The van der Waals surface area contributed by atoms with E-state index >= 15 is 0 Å². The van der Waals surface area contributed by atoms with Gasteiger partial charge in [-0.25, -0.2) is 14.4 Å². The fourth-order valence-corrected chi connectivity index (χ4v) is 9.46. The van der Waals surface area contributed by atoms with Gasteiger partial charge in [0.05, 0.1) is 85.3 Å². The fourth-order valence-electron chi connectivity index (χ4n) is 9.15. The van der Waals surface area contributed by atoms with Gasteiger partial charge in [-0.2, -0.15) is 0 Å². The van der Waals surface area contributed by atoms with E-state index in [9.17, 15) is 77.6 Å². The number of carboxylic acids is 4. The van der Waals surface area contributed by atoms with Crippen molar-refractivity contribution < 1.29 is 121 Å². The highest BCUT2D eigenvalue weighted by atomic mass is 127. The molecule has 8 amide bonds. The average molecular weight is 1550 g/mol. The summed E-state index contributed by atoms with van der Waals surface area (Å²) in [6, 6.07) is -4.95. The van der Waals surface area contributed by atoms with Gasteiger partial charge in [0.25, 0.3) is 0 Å². The van der Waals surface area contributed by atoms with Crippen molar-refractivity contribution in [1.82, 2.24) is 42.5 Å². The standard InChI is InChI=1S/C65H114IN9O25/c66-62(86)49(67)19-17-18-28-68-57(80)45-97-41-38-94-34-30-70-59(82)47-99-43-40-96-36-32-72-60(83)48-100-44-39-95-35-31-71-58(81)46-98-42-37-93-33-29-69-53(76)25-22-50(63(87)88)74-55(78)27-24-52(65(91)92)75-56(79)26-23-51(64(89)90)73-54(77)20-15-13-11-9-7-5-3-1-2-4-6-8-10-12-14-16-21-61(84)85/h49-52H,1-48,67H2,(H,68,80)(H,69,76)(H,70,82)(H,71,81)(H,72,83)(H,73,77)(H,74,78)(H,75,79)(H,84,85)(H,87,88)(H,89,90)(H,91,92)/t49-,50-,51-,52-/m0/s1. The van der Waals surface area contributed by atoms with Crippen LogP contribution in [-0.4, -0.2) is 258 Å². The number of hydrogen-bond acceptors (Lipinski definition) is 22. The zero-order valence-corrected chi connectivity index (χ0v) is 60.2. The first-order valence-corrected chi connectivity index (χ1v) is 35.9. The van der Waals surface area contributed by atoms with Crippen LogP contribution in [0.25, 0.3) is 0 Å². The molecule has 34 nitrogen and oxygen atoms in total. The number of amides is 8. The Hall–Kier alpha value is -6.32. The quantitative estimate of drug-likeness (QED) is 0.0232. The van der Waals surface area contributed by atoms with Crippen LogP contribution in [-0.2, 0) is 100 Å². The predicted octanol–water partition coefficient (Wildman–Crippen LogP) is 1.31. The highest BCUT2D eigenvalue weighted by Crippen LogP contribution is 2.15. The van der Waals surface area contributed by atoms with Crippen molar-refractivity contribution in [2.24, 2.45) is 5.73 Å². The molecule has 100 heavy (non-hydrogen) atoms. The Morgan fingerprint density at radius 3 is 0.840 bits per heavy atom. The van der Waals surface area contributed by atoms with E-state index in [4.69, 9.17) is 48.7 Å². The molecule has 4 atom stereocenters. The molecule has 35 heteroatoms. The lowest BCUT2D eigenvalue weighted by Crippen LogP contribution is -2.45. The highest BCUT2D eigenvalue weighted by molar-refractivity contribution is 14.1. The van der Waals surface area contributed by atoms with Crippen LogP contribution in [0.15, 0.2) is 0 Å². The second-order valence-electron chi connectivity index (χ2n) is 23.4. The van der Waals surface area contributed by atoms with Gasteiger partial charge in [-0.1, -0.05) is 89.9 Å². The Bertz CT molecular complexity index is 2310. The maximum Gasteiger partial charge on any atom is 0.326 e. The molecule has 0 aliphatic heterocycles. The highest BCUT2D eigenvalue weighted by Gasteiger charge is 2.27. The number of halogens is 1.